The second-order valence-corrected chi connectivity index (χ2v) is 6.25. The van der Waals surface area contributed by atoms with Crippen LogP contribution in [0.1, 0.15) is 42.5 Å². The van der Waals surface area contributed by atoms with Crippen LogP contribution in [-0.2, 0) is 16.6 Å². The minimum Gasteiger partial charge on any atom is -0.481 e. The molecule has 122 valence electrons. The van der Waals surface area contributed by atoms with Crippen LogP contribution in [0.15, 0.2) is 24.3 Å². The fraction of sp³-hybridized carbons (Fsp3) is 0.312. The third-order valence-corrected chi connectivity index (χ3v) is 3.27. The van der Waals surface area contributed by atoms with Crippen molar-refractivity contribution in [2.75, 3.05) is 5.32 Å². The molecule has 23 heavy (non-hydrogen) atoms. The van der Waals surface area contributed by atoms with E-state index in [2.05, 4.69) is 15.5 Å². The Bertz CT molecular complexity index is 747. The smallest absolute Gasteiger partial charge is 0.307 e. The summed E-state index contributed by atoms with van der Waals surface area (Å²) >= 11 is 0. The Morgan fingerprint density at radius 2 is 2.00 bits per heavy atom. The standard InChI is InChI=1S/C16H18FN3O3/c1-16(2,3)13-8-12(19-20-13)15(23)18-10-5-4-9(6-14(21)22)11(17)7-10/h4-5,7-8H,6H2,1-3H3,(H,18,23)(H,19,20)(H,21,22). The van der Waals surface area contributed by atoms with E-state index in [0.29, 0.717) is 0 Å². The lowest BCUT2D eigenvalue weighted by atomic mass is 9.92. The SMILES string of the molecule is CC(C)(C)c1cc(C(=O)Nc2ccc(CC(=O)O)c(F)c2)n[nH]1. The summed E-state index contributed by atoms with van der Waals surface area (Å²) in [5, 5.41) is 18.0. The van der Waals surface area contributed by atoms with E-state index >= 15 is 0 Å². The lowest BCUT2D eigenvalue weighted by Gasteiger charge is -2.14. The summed E-state index contributed by atoms with van der Waals surface area (Å²) in [5.74, 6) is -2.27. The van der Waals surface area contributed by atoms with E-state index in [4.69, 9.17) is 5.11 Å². The van der Waals surface area contributed by atoms with Gasteiger partial charge in [0.2, 0.25) is 0 Å². The van der Waals surface area contributed by atoms with Gasteiger partial charge in [-0.3, -0.25) is 14.7 Å². The van der Waals surface area contributed by atoms with E-state index in [1.165, 1.54) is 12.1 Å². The number of aliphatic carboxylic acids is 1. The van der Waals surface area contributed by atoms with Crippen molar-refractivity contribution in [3.63, 3.8) is 0 Å². The van der Waals surface area contributed by atoms with Crippen LogP contribution >= 0.6 is 0 Å². The summed E-state index contributed by atoms with van der Waals surface area (Å²) in [6, 6.07) is 5.53. The van der Waals surface area contributed by atoms with Gasteiger partial charge in [-0.15, -0.1) is 0 Å². The van der Waals surface area contributed by atoms with Gasteiger partial charge in [-0.1, -0.05) is 26.8 Å². The van der Waals surface area contributed by atoms with Gasteiger partial charge in [-0.25, -0.2) is 4.39 Å². The molecule has 0 saturated heterocycles. The van der Waals surface area contributed by atoms with Crippen LogP contribution in [0.4, 0.5) is 10.1 Å². The Morgan fingerprint density at radius 1 is 1.30 bits per heavy atom. The molecular formula is C16H18FN3O3. The number of carboxylic acid groups (broad SMARTS) is 1. The zero-order valence-corrected chi connectivity index (χ0v) is 13.1. The predicted octanol–water partition coefficient (Wildman–Crippen LogP) is 2.73. The van der Waals surface area contributed by atoms with Crippen molar-refractivity contribution in [1.82, 2.24) is 10.2 Å². The molecule has 6 nitrogen and oxygen atoms in total. The molecule has 1 amide bonds. The number of hydrogen-bond donors (Lipinski definition) is 3. The van der Waals surface area contributed by atoms with Crippen LogP contribution in [0.5, 0.6) is 0 Å². The molecule has 0 bridgehead atoms. The summed E-state index contributed by atoms with van der Waals surface area (Å²) in [7, 11) is 0. The van der Waals surface area contributed by atoms with E-state index in [0.717, 1.165) is 11.8 Å². The third-order valence-electron chi connectivity index (χ3n) is 3.27. The van der Waals surface area contributed by atoms with Gasteiger partial charge in [-0.2, -0.15) is 5.10 Å². The zero-order chi connectivity index (χ0) is 17.2. The van der Waals surface area contributed by atoms with Crippen LogP contribution in [0.2, 0.25) is 0 Å². The monoisotopic (exact) mass is 319 g/mol. The van der Waals surface area contributed by atoms with Crippen LogP contribution in [-0.4, -0.2) is 27.2 Å². The Labute approximate surface area is 132 Å². The molecule has 0 fully saturated rings. The number of halogens is 1. The summed E-state index contributed by atoms with van der Waals surface area (Å²) in [5.41, 5.74) is 1.14. The van der Waals surface area contributed by atoms with E-state index in [-0.39, 0.29) is 22.4 Å². The Kier molecular flexibility index (Phi) is 4.49. The van der Waals surface area contributed by atoms with Gasteiger partial charge in [0.1, 0.15) is 5.82 Å². The first-order valence-corrected chi connectivity index (χ1v) is 7.04. The highest BCUT2D eigenvalue weighted by atomic mass is 19.1. The van der Waals surface area contributed by atoms with Crippen molar-refractivity contribution in [3.05, 3.63) is 47.0 Å². The van der Waals surface area contributed by atoms with Gasteiger partial charge in [-0.05, 0) is 23.8 Å². The van der Waals surface area contributed by atoms with Gasteiger partial charge >= 0.3 is 5.97 Å². The number of carbonyl (C=O) groups is 2. The molecular weight excluding hydrogens is 301 g/mol. The summed E-state index contributed by atoms with van der Waals surface area (Å²) in [6.45, 7) is 5.95. The van der Waals surface area contributed by atoms with Gasteiger partial charge in [0.25, 0.3) is 5.91 Å². The summed E-state index contributed by atoms with van der Waals surface area (Å²) < 4.78 is 13.8. The highest BCUT2D eigenvalue weighted by Gasteiger charge is 2.19. The lowest BCUT2D eigenvalue weighted by molar-refractivity contribution is -0.136. The highest BCUT2D eigenvalue weighted by molar-refractivity contribution is 6.02. The number of amides is 1. The molecule has 0 spiro atoms. The number of H-pyrrole nitrogens is 1. The maximum Gasteiger partial charge on any atom is 0.307 e. The second kappa shape index (κ2) is 6.20. The van der Waals surface area contributed by atoms with E-state index in [1.54, 1.807) is 6.07 Å². The minimum atomic E-state index is -1.12. The lowest BCUT2D eigenvalue weighted by Crippen LogP contribution is -2.13. The molecule has 7 heteroatoms. The van der Waals surface area contributed by atoms with Crippen molar-refractivity contribution in [2.45, 2.75) is 32.6 Å². The number of nitrogens with one attached hydrogen (secondary N) is 2. The van der Waals surface area contributed by atoms with Crippen molar-refractivity contribution >= 4 is 17.6 Å². The fourth-order valence-electron chi connectivity index (χ4n) is 1.95. The number of carboxylic acids is 1. The van der Waals surface area contributed by atoms with Crippen LogP contribution in [0, 0.1) is 5.82 Å². The Morgan fingerprint density at radius 3 is 2.52 bits per heavy atom. The summed E-state index contributed by atoms with van der Waals surface area (Å²) in [4.78, 5) is 22.7. The molecule has 0 radical (unpaired) electrons. The molecule has 0 aliphatic carbocycles. The molecule has 0 atom stereocenters. The zero-order valence-electron chi connectivity index (χ0n) is 13.1. The Balaban J connectivity index is 2.13. The maximum atomic E-state index is 13.8. The number of rotatable bonds is 4. The average molecular weight is 319 g/mol. The number of hydrogen-bond acceptors (Lipinski definition) is 3. The minimum absolute atomic E-state index is 0.0605. The number of benzene rings is 1. The molecule has 2 aromatic rings. The number of aromatic nitrogens is 2. The van der Waals surface area contributed by atoms with Crippen molar-refractivity contribution in [1.29, 1.82) is 0 Å². The molecule has 3 N–H and O–H groups in total. The average Bonchev–Trinajstić information content (AvgIpc) is 2.91. The molecule has 0 aliphatic heterocycles. The van der Waals surface area contributed by atoms with Gasteiger partial charge in [0.15, 0.2) is 5.69 Å². The molecule has 0 unspecified atom stereocenters. The Hall–Kier alpha value is -2.70. The first-order chi connectivity index (χ1) is 10.7. The van der Waals surface area contributed by atoms with E-state index in [1.807, 2.05) is 20.8 Å². The molecule has 1 heterocycles. The first-order valence-electron chi connectivity index (χ1n) is 7.04. The van der Waals surface area contributed by atoms with Crippen molar-refractivity contribution in [2.24, 2.45) is 0 Å². The highest BCUT2D eigenvalue weighted by Crippen LogP contribution is 2.21. The van der Waals surface area contributed by atoms with E-state index in [9.17, 15) is 14.0 Å². The number of aromatic amines is 1. The quantitative estimate of drug-likeness (QED) is 0.807. The normalized spacial score (nSPS) is 11.3. The molecule has 1 aromatic heterocycles. The second-order valence-electron chi connectivity index (χ2n) is 6.25. The number of nitrogens with zero attached hydrogens (tertiary/aromatic N) is 1. The van der Waals surface area contributed by atoms with Gasteiger partial charge in [0, 0.05) is 16.8 Å². The van der Waals surface area contributed by atoms with Gasteiger partial charge in [0.05, 0.1) is 6.42 Å². The fourth-order valence-corrected chi connectivity index (χ4v) is 1.95. The largest absolute Gasteiger partial charge is 0.481 e. The molecule has 2 rings (SSSR count). The molecule has 1 aromatic carbocycles. The third kappa shape index (κ3) is 4.15. The summed E-state index contributed by atoms with van der Waals surface area (Å²) in [6.07, 6.45) is -0.408. The van der Waals surface area contributed by atoms with Crippen LogP contribution in [0.3, 0.4) is 0 Å². The van der Waals surface area contributed by atoms with Crippen LogP contribution in [0.25, 0.3) is 0 Å². The topological polar surface area (TPSA) is 95.1 Å². The molecule has 0 aliphatic rings. The predicted molar refractivity (Wildman–Crippen MR) is 83.0 cm³/mol. The van der Waals surface area contributed by atoms with Crippen molar-refractivity contribution in [3.8, 4) is 0 Å². The van der Waals surface area contributed by atoms with Gasteiger partial charge < -0.3 is 10.4 Å². The maximum absolute atomic E-state index is 13.8. The number of carbonyl (C=O) groups excluding carboxylic acids is 1. The first kappa shape index (κ1) is 16.7. The van der Waals surface area contributed by atoms with E-state index < -0.39 is 24.1 Å². The van der Waals surface area contributed by atoms with Crippen molar-refractivity contribution < 1.29 is 19.1 Å². The number of anilines is 1. The van der Waals surface area contributed by atoms with Crippen LogP contribution < -0.4 is 5.32 Å². The molecule has 0 saturated carbocycles.